The molecule has 3 nitrogen and oxygen atoms in total. The van der Waals surface area contributed by atoms with Gasteiger partial charge in [0.25, 0.3) is 0 Å². The fourth-order valence-electron chi connectivity index (χ4n) is 9.74. The van der Waals surface area contributed by atoms with Gasteiger partial charge in [0.15, 0.2) is 5.78 Å². The molecule has 0 radical (unpaired) electrons. The van der Waals surface area contributed by atoms with Crippen molar-refractivity contribution in [3.8, 4) is 0 Å². The maximum Gasteiger partial charge on any atom is 0.306 e. The van der Waals surface area contributed by atoms with Crippen molar-refractivity contribution in [3.63, 3.8) is 0 Å². The average Bonchev–Trinajstić information content (AvgIpc) is 3.53. The van der Waals surface area contributed by atoms with Crippen LogP contribution in [0.3, 0.4) is 0 Å². The molecule has 1 aliphatic heterocycles. The van der Waals surface area contributed by atoms with Crippen LogP contribution >= 0.6 is 0 Å². The van der Waals surface area contributed by atoms with Gasteiger partial charge in [0.05, 0.1) is 0 Å². The third kappa shape index (κ3) is 1.58. The Hall–Kier alpha value is -1.12. The minimum absolute atomic E-state index is 0.0561. The largest absolute Gasteiger partial charge is 0.458 e. The lowest BCUT2D eigenvalue weighted by atomic mass is 9.45. The van der Waals surface area contributed by atoms with Crippen molar-refractivity contribution in [2.45, 2.75) is 70.8 Å². The first-order valence-electron chi connectivity index (χ1n) is 11.4. The van der Waals surface area contributed by atoms with Gasteiger partial charge in [-0.15, -0.1) is 0 Å². The van der Waals surface area contributed by atoms with Crippen LogP contribution in [0.5, 0.6) is 0 Å². The maximum atomic E-state index is 12.2. The van der Waals surface area contributed by atoms with Crippen LogP contribution in [0.4, 0.5) is 0 Å². The van der Waals surface area contributed by atoms with Crippen LogP contribution in [0.1, 0.15) is 65.2 Å². The van der Waals surface area contributed by atoms with Gasteiger partial charge >= 0.3 is 5.97 Å². The zero-order valence-electron chi connectivity index (χ0n) is 16.5. The summed E-state index contributed by atoms with van der Waals surface area (Å²) in [5.41, 5.74) is 1.85. The molecule has 3 heteroatoms. The molecule has 1 saturated heterocycles. The molecule has 10 atom stereocenters. The Morgan fingerprint density at radius 3 is 2.63 bits per heavy atom. The van der Waals surface area contributed by atoms with E-state index >= 15 is 0 Å². The van der Waals surface area contributed by atoms with Crippen molar-refractivity contribution in [2.24, 2.45) is 52.3 Å². The zero-order valence-corrected chi connectivity index (χ0v) is 16.5. The third-order valence-electron chi connectivity index (χ3n) is 10.9. The molecular weight excluding hydrogens is 336 g/mol. The highest BCUT2D eigenvalue weighted by atomic mass is 16.6. The minimum atomic E-state index is -0.131. The Morgan fingerprint density at radius 1 is 1.00 bits per heavy atom. The van der Waals surface area contributed by atoms with E-state index in [0.717, 1.165) is 48.9 Å². The van der Waals surface area contributed by atoms with Gasteiger partial charge in [-0.05, 0) is 85.5 Å². The first-order valence-corrected chi connectivity index (χ1v) is 11.4. The van der Waals surface area contributed by atoms with Crippen LogP contribution in [0.15, 0.2) is 11.6 Å². The monoisotopic (exact) mass is 366 g/mol. The van der Waals surface area contributed by atoms with Gasteiger partial charge in [-0.2, -0.15) is 0 Å². The summed E-state index contributed by atoms with van der Waals surface area (Å²) in [6.07, 6.45) is 10.6. The molecule has 144 valence electrons. The summed E-state index contributed by atoms with van der Waals surface area (Å²) < 4.78 is 6.22. The standard InChI is InChI=1S/C24H30O3/c1-22-6-3-12(25)9-17(22)13-10-14(13)20-16(22)4-7-23(2)21(20)15-11-18(15)24(23)8-5-19(26)27-24/h9,13-16,18,20-21H,3-8,10-11H2,1-2H3/t13-,14+,15-,16+,18+,20+,21?,22-,23+,24+/m1/s1. The molecule has 0 N–H and O–H groups in total. The van der Waals surface area contributed by atoms with Gasteiger partial charge in [0.2, 0.25) is 0 Å². The molecule has 7 rings (SSSR count). The Kier molecular flexibility index (Phi) is 2.56. The van der Waals surface area contributed by atoms with Crippen LogP contribution in [-0.4, -0.2) is 17.4 Å². The number of ketones is 1. The van der Waals surface area contributed by atoms with E-state index in [2.05, 4.69) is 19.9 Å². The van der Waals surface area contributed by atoms with Gasteiger partial charge in [0, 0.05) is 24.2 Å². The summed E-state index contributed by atoms with van der Waals surface area (Å²) in [4.78, 5) is 24.3. The van der Waals surface area contributed by atoms with Crippen molar-refractivity contribution in [2.75, 3.05) is 0 Å². The number of allylic oxidation sites excluding steroid dienone is 1. The molecule has 1 heterocycles. The lowest BCUT2D eigenvalue weighted by Gasteiger charge is -2.60. The van der Waals surface area contributed by atoms with E-state index < -0.39 is 0 Å². The normalized spacial score (nSPS) is 62.0. The summed E-state index contributed by atoms with van der Waals surface area (Å²) in [5.74, 6) is 5.65. The van der Waals surface area contributed by atoms with Crippen LogP contribution in [0.2, 0.25) is 0 Å². The Bertz CT molecular complexity index is 827. The quantitative estimate of drug-likeness (QED) is 0.600. The zero-order chi connectivity index (χ0) is 18.3. The second-order valence-corrected chi connectivity index (χ2v) is 11.5. The van der Waals surface area contributed by atoms with Crippen LogP contribution < -0.4 is 0 Å². The van der Waals surface area contributed by atoms with E-state index in [1.165, 1.54) is 31.3 Å². The molecule has 6 aliphatic carbocycles. The lowest BCUT2D eigenvalue weighted by Crippen LogP contribution is -2.57. The van der Waals surface area contributed by atoms with E-state index in [0.29, 0.717) is 24.0 Å². The number of esters is 1. The Labute approximate surface area is 161 Å². The molecule has 0 aromatic carbocycles. The van der Waals surface area contributed by atoms with E-state index in [9.17, 15) is 9.59 Å². The van der Waals surface area contributed by atoms with E-state index in [1.807, 2.05) is 0 Å². The topological polar surface area (TPSA) is 43.4 Å². The number of hydrogen-bond acceptors (Lipinski definition) is 3. The number of fused-ring (bicyclic) bond motifs is 12. The molecule has 6 fully saturated rings. The number of carbonyl (C=O) groups excluding carboxylic acids is 2. The molecule has 1 spiro atoms. The smallest absolute Gasteiger partial charge is 0.306 e. The Balaban J connectivity index is 1.33. The van der Waals surface area contributed by atoms with Crippen LogP contribution in [-0.2, 0) is 14.3 Å². The van der Waals surface area contributed by atoms with Crippen LogP contribution in [0, 0.1) is 52.3 Å². The summed E-state index contributed by atoms with van der Waals surface area (Å²) in [6, 6.07) is 0. The minimum Gasteiger partial charge on any atom is -0.458 e. The predicted octanol–water partition coefficient (Wildman–Crippen LogP) is 4.31. The average molecular weight is 367 g/mol. The molecule has 0 aromatic rings. The maximum absolute atomic E-state index is 12.2. The third-order valence-corrected chi connectivity index (χ3v) is 10.9. The molecule has 0 bridgehead atoms. The highest BCUT2D eigenvalue weighted by Gasteiger charge is 2.81. The number of ether oxygens (including phenoxy) is 1. The van der Waals surface area contributed by atoms with Gasteiger partial charge in [-0.3, -0.25) is 9.59 Å². The van der Waals surface area contributed by atoms with E-state index in [-0.39, 0.29) is 22.4 Å². The molecule has 7 aliphatic rings. The number of hydrogen-bond donors (Lipinski definition) is 0. The Morgan fingerprint density at radius 2 is 1.85 bits per heavy atom. The van der Waals surface area contributed by atoms with Crippen molar-refractivity contribution in [3.05, 3.63) is 11.6 Å². The first kappa shape index (κ1) is 15.8. The number of rotatable bonds is 0. The molecule has 5 saturated carbocycles. The van der Waals surface area contributed by atoms with Gasteiger partial charge < -0.3 is 4.74 Å². The summed E-state index contributed by atoms with van der Waals surface area (Å²) >= 11 is 0. The highest BCUT2D eigenvalue weighted by Crippen LogP contribution is 2.82. The number of carbonyl (C=O) groups is 2. The van der Waals surface area contributed by atoms with E-state index in [4.69, 9.17) is 4.74 Å². The van der Waals surface area contributed by atoms with Crippen molar-refractivity contribution < 1.29 is 14.3 Å². The summed E-state index contributed by atoms with van der Waals surface area (Å²) in [6.45, 7) is 4.99. The van der Waals surface area contributed by atoms with Gasteiger partial charge in [-0.25, -0.2) is 0 Å². The molecule has 0 amide bonds. The fourth-order valence-corrected chi connectivity index (χ4v) is 9.74. The van der Waals surface area contributed by atoms with Crippen molar-refractivity contribution in [1.82, 2.24) is 0 Å². The van der Waals surface area contributed by atoms with Crippen molar-refractivity contribution in [1.29, 1.82) is 0 Å². The van der Waals surface area contributed by atoms with Gasteiger partial charge in [0.1, 0.15) is 5.60 Å². The summed E-state index contributed by atoms with van der Waals surface area (Å²) in [7, 11) is 0. The van der Waals surface area contributed by atoms with E-state index in [1.54, 1.807) is 0 Å². The SMILES string of the molecule is C[C@]12CCC(=O)C=C1[C@@H]1C[C@@H]1[C@@H]1C3[C@@H]4C[C@@H]4[C@@]4(CCC(=O)O4)[C@@]3(C)CC[C@@H]12. The van der Waals surface area contributed by atoms with Crippen LogP contribution in [0.25, 0.3) is 0 Å². The predicted molar refractivity (Wildman–Crippen MR) is 99.5 cm³/mol. The first-order chi connectivity index (χ1) is 12.9. The second-order valence-electron chi connectivity index (χ2n) is 11.5. The molecule has 27 heavy (non-hydrogen) atoms. The summed E-state index contributed by atoms with van der Waals surface area (Å²) in [5, 5.41) is 0. The second kappa shape index (κ2) is 4.39. The lowest BCUT2D eigenvalue weighted by molar-refractivity contribution is -0.177. The highest BCUT2D eigenvalue weighted by molar-refractivity contribution is 5.92. The van der Waals surface area contributed by atoms with Crippen molar-refractivity contribution >= 4 is 11.8 Å². The fraction of sp³-hybridized carbons (Fsp3) is 0.833. The molecule has 0 aromatic heterocycles. The molecule has 1 unspecified atom stereocenters. The van der Waals surface area contributed by atoms with Gasteiger partial charge in [-0.1, -0.05) is 19.4 Å². The molecular formula is C24H30O3.